The monoisotopic (exact) mass is 296 g/mol. The highest BCUT2D eigenvalue weighted by Crippen LogP contribution is 2.11. The van der Waals surface area contributed by atoms with E-state index < -0.39 is 10.8 Å². The molecule has 4 heteroatoms. The zero-order chi connectivity index (χ0) is 13.6. The normalized spacial score (nSPS) is 10.9. The van der Waals surface area contributed by atoms with Crippen LogP contribution in [0.25, 0.3) is 0 Å². The largest absolute Gasteiger partial charge is 0.464 e. The number of halogens is 2. The number of carbonyl (C=O) groups excluding carboxylic acids is 1. The molecule has 0 unspecified atom stereocenters. The second kappa shape index (κ2) is 13.5. The molecule has 0 radical (unpaired) electrons. The van der Waals surface area contributed by atoms with Crippen LogP contribution in [0.4, 0.5) is 0 Å². The van der Waals surface area contributed by atoms with Gasteiger partial charge in [-0.1, -0.05) is 87.9 Å². The van der Waals surface area contributed by atoms with Crippen LogP contribution in [-0.4, -0.2) is 17.4 Å². The van der Waals surface area contributed by atoms with E-state index in [0.29, 0.717) is 6.61 Å². The van der Waals surface area contributed by atoms with Crippen molar-refractivity contribution in [2.24, 2.45) is 0 Å². The molecule has 0 N–H and O–H groups in total. The minimum absolute atomic E-state index is 0.436. The molecule has 0 aliphatic rings. The standard InChI is InChI=1S/C14H26Cl2O2/c1-2-3-4-5-6-7-8-9-10-11-12-18-14(17)13(15)16/h13H,2-12H2,1H3. The zero-order valence-corrected chi connectivity index (χ0v) is 12.9. The summed E-state index contributed by atoms with van der Waals surface area (Å²) in [5.74, 6) is -0.533. The topological polar surface area (TPSA) is 26.3 Å². The molecule has 0 saturated heterocycles. The number of hydrogen-bond donors (Lipinski definition) is 0. The summed E-state index contributed by atoms with van der Waals surface area (Å²) in [6, 6.07) is 0. The Bertz CT molecular complexity index is 196. The number of alkyl halides is 2. The summed E-state index contributed by atoms with van der Waals surface area (Å²) in [5, 5.41) is 0. The Hall–Kier alpha value is 0.0500. The van der Waals surface area contributed by atoms with Gasteiger partial charge >= 0.3 is 5.97 Å². The number of esters is 1. The highest BCUT2D eigenvalue weighted by molar-refractivity contribution is 6.52. The number of rotatable bonds is 12. The molecule has 0 aliphatic heterocycles. The zero-order valence-electron chi connectivity index (χ0n) is 11.4. The number of carbonyl (C=O) groups is 1. The minimum Gasteiger partial charge on any atom is -0.464 e. The summed E-state index contributed by atoms with van der Waals surface area (Å²) in [5.41, 5.74) is 0. The van der Waals surface area contributed by atoms with E-state index >= 15 is 0 Å². The maximum atomic E-state index is 10.9. The molecule has 0 saturated carbocycles. The molecule has 0 amide bonds. The lowest BCUT2D eigenvalue weighted by Gasteiger charge is -2.05. The van der Waals surface area contributed by atoms with Crippen molar-refractivity contribution in [3.05, 3.63) is 0 Å². The van der Waals surface area contributed by atoms with Gasteiger partial charge in [0.1, 0.15) is 0 Å². The van der Waals surface area contributed by atoms with Crippen molar-refractivity contribution in [1.82, 2.24) is 0 Å². The van der Waals surface area contributed by atoms with Crippen molar-refractivity contribution in [3.63, 3.8) is 0 Å². The summed E-state index contributed by atoms with van der Waals surface area (Å²) in [6.07, 6.45) is 12.6. The quantitative estimate of drug-likeness (QED) is 0.279. The molecule has 0 heterocycles. The fourth-order valence-electron chi connectivity index (χ4n) is 1.83. The summed E-state index contributed by atoms with van der Waals surface area (Å²) in [6.45, 7) is 2.68. The van der Waals surface area contributed by atoms with Crippen molar-refractivity contribution < 1.29 is 9.53 Å². The molecule has 0 atom stereocenters. The van der Waals surface area contributed by atoms with Crippen molar-refractivity contribution in [2.75, 3.05) is 6.61 Å². The molecule has 0 fully saturated rings. The Kier molecular flexibility index (Phi) is 13.5. The predicted octanol–water partition coefficient (Wildman–Crippen LogP) is 5.25. The van der Waals surface area contributed by atoms with Crippen molar-refractivity contribution in [1.29, 1.82) is 0 Å². The van der Waals surface area contributed by atoms with Crippen LogP contribution in [0.3, 0.4) is 0 Å². The highest BCUT2D eigenvalue weighted by atomic mass is 35.5. The summed E-state index contributed by atoms with van der Waals surface area (Å²) < 4.78 is 4.87. The maximum Gasteiger partial charge on any atom is 0.339 e. The second-order valence-electron chi connectivity index (χ2n) is 4.65. The molecule has 0 aromatic rings. The summed E-state index contributed by atoms with van der Waals surface area (Å²) in [4.78, 5) is 9.87. The Morgan fingerprint density at radius 2 is 1.33 bits per heavy atom. The maximum absolute atomic E-state index is 10.9. The van der Waals surface area contributed by atoms with E-state index in [1.807, 2.05) is 0 Å². The van der Waals surface area contributed by atoms with Gasteiger partial charge in [-0.25, -0.2) is 4.79 Å². The van der Waals surface area contributed by atoms with Crippen molar-refractivity contribution in [2.45, 2.75) is 76.0 Å². The molecule has 0 aliphatic carbocycles. The molecule has 0 spiro atoms. The number of hydrogen-bond acceptors (Lipinski definition) is 2. The van der Waals surface area contributed by atoms with Gasteiger partial charge in [0.25, 0.3) is 0 Å². The fraction of sp³-hybridized carbons (Fsp3) is 0.929. The summed E-state index contributed by atoms with van der Waals surface area (Å²) in [7, 11) is 0. The van der Waals surface area contributed by atoms with E-state index in [2.05, 4.69) is 6.92 Å². The molecular weight excluding hydrogens is 271 g/mol. The second-order valence-corrected chi connectivity index (χ2v) is 5.75. The Labute approximate surface area is 121 Å². The molecule has 2 nitrogen and oxygen atoms in total. The van der Waals surface area contributed by atoms with Crippen LogP contribution >= 0.6 is 23.2 Å². The fourth-order valence-corrected chi connectivity index (χ4v) is 1.95. The lowest BCUT2D eigenvalue weighted by molar-refractivity contribution is -0.141. The highest BCUT2D eigenvalue weighted by Gasteiger charge is 2.11. The van der Waals surface area contributed by atoms with Crippen LogP contribution < -0.4 is 0 Å². The average molecular weight is 297 g/mol. The van der Waals surface area contributed by atoms with Gasteiger partial charge in [-0.15, -0.1) is 0 Å². The van der Waals surface area contributed by atoms with Gasteiger partial charge in [-0.3, -0.25) is 0 Å². The van der Waals surface area contributed by atoms with Crippen LogP contribution in [0.2, 0.25) is 0 Å². The number of unbranched alkanes of at least 4 members (excludes halogenated alkanes) is 9. The first-order chi connectivity index (χ1) is 8.68. The van der Waals surface area contributed by atoms with Gasteiger partial charge < -0.3 is 4.74 Å². The first-order valence-corrected chi connectivity index (χ1v) is 8.00. The molecule has 0 aromatic carbocycles. The Balaban J connectivity index is 3.05. The van der Waals surface area contributed by atoms with Crippen LogP contribution in [0.5, 0.6) is 0 Å². The Morgan fingerprint density at radius 1 is 0.889 bits per heavy atom. The number of ether oxygens (including phenoxy) is 1. The van der Waals surface area contributed by atoms with E-state index in [9.17, 15) is 4.79 Å². The molecule has 0 aromatic heterocycles. The average Bonchev–Trinajstić information content (AvgIpc) is 2.35. The van der Waals surface area contributed by atoms with Crippen molar-refractivity contribution in [3.8, 4) is 0 Å². The third kappa shape index (κ3) is 12.5. The Morgan fingerprint density at radius 3 is 1.78 bits per heavy atom. The van der Waals surface area contributed by atoms with Crippen molar-refractivity contribution >= 4 is 29.2 Å². The van der Waals surface area contributed by atoms with Crippen LogP contribution in [0, 0.1) is 0 Å². The predicted molar refractivity (Wildman–Crippen MR) is 78.3 cm³/mol. The smallest absolute Gasteiger partial charge is 0.339 e. The molecule has 0 rings (SSSR count). The van der Waals surface area contributed by atoms with E-state index in [4.69, 9.17) is 27.9 Å². The van der Waals surface area contributed by atoms with Crippen LogP contribution in [-0.2, 0) is 9.53 Å². The van der Waals surface area contributed by atoms with Gasteiger partial charge in [0, 0.05) is 0 Å². The van der Waals surface area contributed by atoms with Gasteiger partial charge in [0.2, 0.25) is 4.84 Å². The molecule has 108 valence electrons. The molecular formula is C14H26Cl2O2. The molecule has 0 bridgehead atoms. The van der Waals surface area contributed by atoms with Gasteiger partial charge in [0.15, 0.2) is 0 Å². The van der Waals surface area contributed by atoms with Gasteiger partial charge in [0.05, 0.1) is 6.61 Å². The van der Waals surface area contributed by atoms with Gasteiger partial charge in [-0.05, 0) is 6.42 Å². The van der Waals surface area contributed by atoms with E-state index in [1.165, 1.54) is 51.4 Å². The first kappa shape index (κ1) is 18.0. The van der Waals surface area contributed by atoms with Crippen LogP contribution in [0.1, 0.15) is 71.1 Å². The van der Waals surface area contributed by atoms with E-state index in [1.54, 1.807) is 0 Å². The lowest BCUT2D eigenvalue weighted by atomic mass is 10.1. The SMILES string of the molecule is CCCCCCCCCCCCOC(=O)C(Cl)Cl. The third-order valence-electron chi connectivity index (χ3n) is 2.92. The lowest BCUT2D eigenvalue weighted by Crippen LogP contribution is -2.12. The third-order valence-corrected chi connectivity index (χ3v) is 3.28. The van der Waals surface area contributed by atoms with Gasteiger partial charge in [-0.2, -0.15) is 0 Å². The molecule has 18 heavy (non-hydrogen) atoms. The first-order valence-electron chi connectivity index (χ1n) is 7.13. The van der Waals surface area contributed by atoms with E-state index in [0.717, 1.165) is 12.8 Å². The summed E-state index contributed by atoms with van der Waals surface area (Å²) >= 11 is 10.7. The minimum atomic E-state index is -1.05. The van der Waals surface area contributed by atoms with Crippen LogP contribution in [0.15, 0.2) is 0 Å². The van der Waals surface area contributed by atoms with E-state index in [-0.39, 0.29) is 0 Å².